The van der Waals surface area contributed by atoms with E-state index in [9.17, 15) is 4.79 Å². The minimum atomic E-state index is 0.853. The zero-order valence-electron chi connectivity index (χ0n) is 8.26. The molecular weight excluding hydrogens is 148 g/mol. The maximum Gasteiger partial charge on any atom is 0.142 e. The molecule has 0 amide bonds. The van der Waals surface area contributed by atoms with E-state index in [1.54, 1.807) is 6.08 Å². The van der Waals surface area contributed by atoms with Crippen LogP contribution < -0.4 is 0 Å². The van der Waals surface area contributed by atoms with Crippen molar-refractivity contribution in [3.8, 4) is 0 Å². The fourth-order valence-electron chi connectivity index (χ4n) is 0.890. The summed E-state index contributed by atoms with van der Waals surface area (Å²) in [5.41, 5.74) is 2.58. The molecule has 0 aliphatic rings. The number of aldehydes is 1. The van der Waals surface area contributed by atoms with Crippen LogP contribution in [0.25, 0.3) is 0 Å². The van der Waals surface area contributed by atoms with E-state index in [0.717, 1.165) is 31.1 Å². The van der Waals surface area contributed by atoms with Crippen LogP contribution in [0.5, 0.6) is 0 Å². The van der Waals surface area contributed by atoms with Crippen LogP contribution in [0.3, 0.4) is 0 Å². The van der Waals surface area contributed by atoms with E-state index in [4.69, 9.17) is 0 Å². The molecular formula is C11H18O. The second-order valence-electron chi connectivity index (χ2n) is 3.09. The van der Waals surface area contributed by atoms with Crippen molar-refractivity contribution >= 4 is 6.29 Å². The molecule has 1 nitrogen and oxygen atoms in total. The van der Waals surface area contributed by atoms with Crippen molar-refractivity contribution in [1.82, 2.24) is 0 Å². The van der Waals surface area contributed by atoms with Crippen LogP contribution in [-0.4, -0.2) is 6.29 Å². The Morgan fingerprint density at radius 1 is 1.25 bits per heavy atom. The monoisotopic (exact) mass is 166 g/mol. The van der Waals surface area contributed by atoms with Gasteiger partial charge in [0, 0.05) is 0 Å². The Hall–Kier alpha value is -0.850. The van der Waals surface area contributed by atoms with Crippen molar-refractivity contribution in [1.29, 1.82) is 0 Å². The SMILES string of the molecule is CCC(C)=CCCC(C)=CC=O. The van der Waals surface area contributed by atoms with Gasteiger partial charge in [0.15, 0.2) is 0 Å². The third-order valence-corrected chi connectivity index (χ3v) is 1.94. The Balaban J connectivity index is 3.69. The zero-order chi connectivity index (χ0) is 9.40. The van der Waals surface area contributed by atoms with Crippen molar-refractivity contribution in [3.05, 3.63) is 23.3 Å². The lowest BCUT2D eigenvalue weighted by Gasteiger charge is -1.97. The van der Waals surface area contributed by atoms with Crippen molar-refractivity contribution in [2.45, 2.75) is 40.0 Å². The highest BCUT2D eigenvalue weighted by Gasteiger charge is 1.88. The molecule has 12 heavy (non-hydrogen) atoms. The first-order chi connectivity index (χ1) is 5.70. The summed E-state index contributed by atoms with van der Waals surface area (Å²) >= 11 is 0. The molecule has 0 rings (SSSR count). The Morgan fingerprint density at radius 2 is 1.92 bits per heavy atom. The molecule has 0 unspecified atom stereocenters. The first-order valence-corrected chi connectivity index (χ1v) is 4.47. The smallest absolute Gasteiger partial charge is 0.142 e. The Bertz CT molecular complexity index is 187. The quantitative estimate of drug-likeness (QED) is 0.348. The molecule has 0 aliphatic carbocycles. The van der Waals surface area contributed by atoms with Gasteiger partial charge in [-0.2, -0.15) is 0 Å². The molecule has 0 fully saturated rings. The standard InChI is InChI=1S/C11H18O/c1-4-10(2)6-5-7-11(3)8-9-12/h6,8-9H,4-5,7H2,1-3H3. The average molecular weight is 166 g/mol. The van der Waals surface area contributed by atoms with E-state index >= 15 is 0 Å². The second kappa shape index (κ2) is 6.84. The average Bonchev–Trinajstić information content (AvgIpc) is 2.04. The minimum absolute atomic E-state index is 0.853. The van der Waals surface area contributed by atoms with Crippen molar-refractivity contribution in [2.24, 2.45) is 0 Å². The zero-order valence-corrected chi connectivity index (χ0v) is 8.26. The topological polar surface area (TPSA) is 17.1 Å². The lowest BCUT2D eigenvalue weighted by molar-refractivity contribution is -0.104. The maximum atomic E-state index is 10.1. The van der Waals surface area contributed by atoms with Gasteiger partial charge in [-0.25, -0.2) is 0 Å². The highest BCUT2D eigenvalue weighted by molar-refractivity contribution is 5.65. The van der Waals surface area contributed by atoms with Gasteiger partial charge in [-0.3, -0.25) is 4.79 Å². The molecule has 0 heterocycles. The Labute approximate surface area is 75.2 Å². The molecule has 0 saturated heterocycles. The predicted octanol–water partition coefficient (Wildman–Crippen LogP) is 3.27. The van der Waals surface area contributed by atoms with Gasteiger partial charge in [0.05, 0.1) is 0 Å². The Kier molecular flexibility index (Phi) is 6.35. The molecule has 0 N–H and O–H groups in total. The van der Waals surface area contributed by atoms with Crippen LogP contribution in [0.2, 0.25) is 0 Å². The molecule has 0 radical (unpaired) electrons. The van der Waals surface area contributed by atoms with E-state index in [2.05, 4.69) is 19.9 Å². The van der Waals surface area contributed by atoms with Crippen LogP contribution in [-0.2, 0) is 4.79 Å². The van der Waals surface area contributed by atoms with Gasteiger partial charge in [-0.05, 0) is 39.2 Å². The number of carbonyl (C=O) groups is 1. The summed E-state index contributed by atoms with van der Waals surface area (Å²) in [4.78, 5) is 10.1. The maximum absolute atomic E-state index is 10.1. The van der Waals surface area contributed by atoms with E-state index in [0.29, 0.717) is 0 Å². The molecule has 0 aromatic rings. The fourth-order valence-corrected chi connectivity index (χ4v) is 0.890. The number of hydrogen-bond donors (Lipinski definition) is 0. The molecule has 0 aromatic heterocycles. The summed E-state index contributed by atoms with van der Waals surface area (Å²) in [6, 6.07) is 0. The van der Waals surface area contributed by atoms with Gasteiger partial charge >= 0.3 is 0 Å². The van der Waals surface area contributed by atoms with Crippen LogP contribution >= 0.6 is 0 Å². The predicted molar refractivity (Wildman–Crippen MR) is 53.1 cm³/mol. The van der Waals surface area contributed by atoms with Crippen LogP contribution in [0.1, 0.15) is 40.0 Å². The van der Waals surface area contributed by atoms with Gasteiger partial charge in [-0.15, -0.1) is 0 Å². The van der Waals surface area contributed by atoms with E-state index < -0.39 is 0 Å². The molecule has 0 saturated carbocycles. The van der Waals surface area contributed by atoms with Crippen molar-refractivity contribution in [3.63, 3.8) is 0 Å². The number of carbonyl (C=O) groups excluding carboxylic acids is 1. The molecule has 1 heteroatoms. The number of rotatable bonds is 5. The lowest BCUT2D eigenvalue weighted by atomic mass is 10.1. The third-order valence-electron chi connectivity index (χ3n) is 1.94. The minimum Gasteiger partial charge on any atom is -0.299 e. The summed E-state index contributed by atoms with van der Waals surface area (Å²) in [6.45, 7) is 6.28. The normalized spacial score (nSPS) is 13.2. The van der Waals surface area contributed by atoms with E-state index in [1.165, 1.54) is 5.57 Å². The Morgan fingerprint density at radius 3 is 2.42 bits per heavy atom. The van der Waals surface area contributed by atoms with Crippen molar-refractivity contribution < 1.29 is 4.79 Å². The fraction of sp³-hybridized carbons (Fsp3) is 0.545. The molecule has 0 spiro atoms. The summed E-state index contributed by atoms with van der Waals surface area (Å²) in [5.74, 6) is 0. The second-order valence-corrected chi connectivity index (χ2v) is 3.09. The number of allylic oxidation sites excluding steroid dienone is 4. The van der Waals surface area contributed by atoms with Gasteiger partial charge in [0.2, 0.25) is 0 Å². The van der Waals surface area contributed by atoms with Crippen LogP contribution in [0, 0.1) is 0 Å². The highest BCUT2D eigenvalue weighted by Crippen LogP contribution is 2.07. The van der Waals surface area contributed by atoms with Crippen LogP contribution in [0.15, 0.2) is 23.3 Å². The first-order valence-electron chi connectivity index (χ1n) is 4.47. The molecule has 0 atom stereocenters. The molecule has 0 aromatic carbocycles. The van der Waals surface area contributed by atoms with E-state index in [-0.39, 0.29) is 0 Å². The first kappa shape index (κ1) is 11.2. The lowest BCUT2D eigenvalue weighted by Crippen LogP contribution is -1.78. The van der Waals surface area contributed by atoms with Gasteiger partial charge in [-0.1, -0.05) is 24.1 Å². The summed E-state index contributed by atoms with van der Waals surface area (Å²) in [7, 11) is 0. The summed E-state index contributed by atoms with van der Waals surface area (Å²) in [5, 5.41) is 0. The summed E-state index contributed by atoms with van der Waals surface area (Å²) in [6.07, 6.45) is 7.89. The molecule has 0 aliphatic heterocycles. The van der Waals surface area contributed by atoms with Gasteiger partial charge in [0.25, 0.3) is 0 Å². The third kappa shape index (κ3) is 5.90. The highest BCUT2D eigenvalue weighted by atomic mass is 16.1. The van der Waals surface area contributed by atoms with Gasteiger partial charge < -0.3 is 0 Å². The summed E-state index contributed by atoms with van der Waals surface area (Å²) < 4.78 is 0. The number of hydrogen-bond acceptors (Lipinski definition) is 1. The van der Waals surface area contributed by atoms with Crippen molar-refractivity contribution in [2.75, 3.05) is 0 Å². The largest absolute Gasteiger partial charge is 0.299 e. The van der Waals surface area contributed by atoms with E-state index in [1.807, 2.05) is 6.92 Å². The van der Waals surface area contributed by atoms with Crippen LogP contribution in [0.4, 0.5) is 0 Å². The van der Waals surface area contributed by atoms with Gasteiger partial charge in [0.1, 0.15) is 6.29 Å². The molecule has 0 bridgehead atoms. The molecule has 68 valence electrons.